The average Bonchev–Trinajstić information content (AvgIpc) is 2.99. The van der Waals surface area contributed by atoms with E-state index in [1.54, 1.807) is 29.8 Å². The topological polar surface area (TPSA) is 73.0 Å². The number of carbonyl (C=O) groups is 1. The van der Waals surface area contributed by atoms with Gasteiger partial charge in [-0.2, -0.15) is 5.10 Å². The number of amides is 1. The number of benzene rings is 1. The van der Waals surface area contributed by atoms with Gasteiger partial charge in [-0.15, -0.1) is 0 Å². The van der Waals surface area contributed by atoms with Gasteiger partial charge < -0.3 is 9.73 Å². The lowest BCUT2D eigenvalue weighted by Crippen LogP contribution is -2.16. The van der Waals surface area contributed by atoms with Crippen molar-refractivity contribution in [3.05, 3.63) is 41.4 Å². The summed E-state index contributed by atoms with van der Waals surface area (Å²) < 4.78 is 7.22. The van der Waals surface area contributed by atoms with E-state index in [0.29, 0.717) is 28.4 Å². The Morgan fingerprint density at radius 2 is 2.05 bits per heavy atom. The number of rotatable bonds is 3. The molecule has 0 unspecified atom stereocenters. The monoisotopic (exact) mass is 298 g/mol. The van der Waals surface area contributed by atoms with Crippen molar-refractivity contribution in [2.24, 2.45) is 0 Å². The first-order valence-corrected chi connectivity index (χ1v) is 7.19. The van der Waals surface area contributed by atoms with E-state index in [9.17, 15) is 4.79 Å². The van der Waals surface area contributed by atoms with Gasteiger partial charge >= 0.3 is 0 Å². The van der Waals surface area contributed by atoms with Crippen molar-refractivity contribution in [2.45, 2.75) is 33.7 Å². The molecule has 6 nitrogen and oxygen atoms in total. The molecule has 22 heavy (non-hydrogen) atoms. The Morgan fingerprint density at radius 3 is 2.77 bits per heavy atom. The van der Waals surface area contributed by atoms with Crippen LogP contribution in [0, 0.1) is 13.8 Å². The molecule has 0 saturated heterocycles. The number of carbonyl (C=O) groups excluding carboxylic acids is 1. The first-order chi connectivity index (χ1) is 10.4. The molecule has 0 radical (unpaired) electrons. The van der Waals surface area contributed by atoms with E-state index in [4.69, 9.17) is 4.42 Å². The number of fused-ring (bicyclic) bond motifs is 1. The lowest BCUT2D eigenvalue weighted by atomic mass is 10.2. The number of hydrogen-bond acceptors (Lipinski definition) is 4. The minimum absolute atomic E-state index is 0.171. The largest absolute Gasteiger partial charge is 0.441 e. The molecule has 0 spiro atoms. The summed E-state index contributed by atoms with van der Waals surface area (Å²) in [4.78, 5) is 16.7. The van der Waals surface area contributed by atoms with Crippen LogP contribution in [0.1, 0.15) is 41.8 Å². The Kier molecular flexibility index (Phi) is 3.44. The van der Waals surface area contributed by atoms with Gasteiger partial charge in [0.1, 0.15) is 11.3 Å². The van der Waals surface area contributed by atoms with Gasteiger partial charge in [-0.05, 0) is 39.0 Å². The summed E-state index contributed by atoms with van der Waals surface area (Å²) in [6.45, 7) is 7.72. The summed E-state index contributed by atoms with van der Waals surface area (Å²) in [5.41, 5.74) is 2.76. The molecule has 1 amide bonds. The van der Waals surface area contributed by atoms with Crippen molar-refractivity contribution in [3.8, 4) is 0 Å². The van der Waals surface area contributed by atoms with Crippen LogP contribution < -0.4 is 5.32 Å². The number of aryl methyl sites for hydroxylation is 2. The SMILES string of the molecule is Cc1cc(NC(=O)c2ccc3oc(C)nc3c2)n(C(C)C)n1. The highest BCUT2D eigenvalue weighted by Crippen LogP contribution is 2.20. The number of hydrogen-bond donors (Lipinski definition) is 1. The zero-order valence-corrected chi connectivity index (χ0v) is 13.0. The quantitative estimate of drug-likeness (QED) is 0.803. The molecule has 0 atom stereocenters. The highest BCUT2D eigenvalue weighted by Gasteiger charge is 2.14. The fraction of sp³-hybridized carbons (Fsp3) is 0.312. The number of aromatic nitrogens is 3. The second kappa shape index (κ2) is 5.29. The van der Waals surface area contributed by atoms with Crippen molar-refractivity contribution < 1.29 is 9.21 Å². The summed E-state index contributed by atoms with van der Waals surface area (Å²) >= 11 is 0. The molecule has 1 N–H and O–H groups in total. The fourth-order valence-electron chi connectivity index (χ4n) is 2.38. The van der Waals surface area contributed by atoms with Gasteiger partial charge in [-0.3, -0.25) is 4.79 Å². The summed E-state index contributed by atoms with van der Waals surface area (Å²) in [5.74, 6) is 1.08. The first kappa shape index (κ1) is 14.3. The molecule has 3 rings (SSSR count). The second-order valence-corrected chi connectivity index (χ2v) is 5.58. The second-order valence-electron chi connectivity index (χ2n) is 5.58. The highest BCUT2D eigenvalue weighted by molar-refractivity contribution is 6.05. The molecule has 1 aromatic carbocycles. The van der Waals surface area contributed by atoms with E-state index < -0.39 is 0 Å². The molecule has 3 aromatic rings. The van der Waals surface area contributed by atoms with E-state index >= 15 is 0 Å². The maximum absolute atomic E-state index is 12.4. The first-order valence-electron chi connectivity index (χ1n) is 7.19. The van der Waals surface area contributed by atoms with Gasteiger partial charge in [0.15, 0.2) is 11.5 Å². The van der Waals surface area contributed by atoms with Crippen LogP contribution in [-0.2, 0) is 0 Å². The molecule has 0 aliphatic carbocycles. The fourth-order valence-corrected chi connectivity index (χ4v) is 2.38. The molecular weight excluding hydrogens is 280 g/mol. The molecule has 2 aromatic heterocycles. The Morgan fingerprint density at radius 1 is 1.27 bits per heavy atom. The van der Waals surface area contributed by atoms with Crippen molar-refractivity contribution in [3.63, 3.8) is 0 Å². The lowest BCUT2D eigenvalue weighted by Gasteiger charge is -2.11. The van der Waals surface area contributed by atoms with Gasteiger partial charge in [-0.1, -0.05) is 0 Å². The van der Waals surface area contributed by atoms with Gasteiger partial charge in [0, 0.05) is 24.6 Å². The number of oxazole rings is 1. The summed E-state index contributed by atoms with van der Waals surface area (Å²) in [6.07, 6.45) is 0. The van der Waals surface area contributed by atoms with Crippen molar-refractivity contribution in [2.75, 3.05) is 5.32 Å². The minimum Gasteiger partial charge on any atom is -0.441 e. The third kappa shape index (κ3) is 2.59. The van der Waals surface area contributed by atoms with Crippen LogP contribution >= 0.6 is 0 Å². The van der Waals surface area contributed by atoms with Crippen LogP contribution in [0.5, 0.6) is 0 Å². The number of nitrogens with zero attached hydrogens (tertiary/aromatic N) is 3. The molecule has 6 heteroatoms. The number of anilines is 1. The van der Waals surface area contributed by atoms with Crippen LogP contribution in [0.3, 0.4) is 0 Å². The van der Waals surface area contributed by atoms with Crippen LogP contribution in [0.15, 0.2) is 28.7 Å². The van der Waals surface area contributed by atoms with Gasteiger partial charge in [0.05, 0.1) is 5.69 Å². The molecular formula is C16H18N4O2. The molecule has 0 fully saturated rings. The van der Waals surface area contributed by atoms with E-state index in [2.05, 4.69) is 15.4 Å². The van der Waals surface area contributed by atoms with Crippen LogP contribution in [0.2, 0.25) is 0 Å². The van der Waals surface area contributed by atoms with E-state index in [0.717, 1.165) is 5.69 Å². The predicted molar refractivity (Wildman–Crippen MR) is 84.0 cm³/mol. The molecule has 0 aliphatic rings. The highest BCUT2D eigenvalue weighted by atomic mass is 16.3. The molecule has 0 aliphatic heterocycles. The van der Waals surface area contributed by atoms with Crippen molar-refractivity contribution in [1.29, 1.82) is 0 Å². The van der Waals surface area contributed by atoms with Crippen molar-refractivity contribution in [1.82, 2.24) is 14.8 Å². The van der Waals surface area contributed by atoms with Crippen LogP contribution in [-0.4, -0.2) is 20.7 Å². The molecule has 0 bridgehead atoms. The van der Waals surface area contributed by atoms with Gasteiger partial charge in [0.2, 0.25) is 0 Å². The maximum atomic E-state index is 12.4. The van der Waals surface area contributed by atoms with Gasteiger partial charge in [-0.25, -0.2) is 9.67 Å². The summed E-state index contributed by atoms with van der Waals surface area (Å²) in [7, 11) is 0. The predicted octanol–water partition coefficient (Wildman–Crippen LogP) is 3.47. The standard InChI is InChI=1S/C16H18N4O2/c1-9(2)20-15(7-10(3)19-20)18-16(21)12-5-6-14-13(8-12)17-11(4)22-14/h5-9H,1-4H3,(H,18,21). The van der Waals surface area contributed by atoms with Crippen LogP contribution in [0.4, 0.5) is 5.82 Å². The van der Waals surface area contributed by atoms with E-state index in [1.165, 1.54) is 0 Å². The molecule has 114 valence electrons. The summed E-state index contributed by atoms with van der Waals surface area (Å²) in [6, 6.07) is 7.24. The Labute approximate surface area is 128 Å². The number of nitrogens with one attached hydrogen (secondary N) is 1. The molecule has 2 heterocycles. The minimum atomic E-state index is -0.190. The van der Waals surface area contributed by atoms with Crippen LogP contribution in [0.25, 0.3) is 11.1 Å². The zero-order chi connectivity index (χ0) is 15.9. The summed E-state index contributed by atoms with van der Waals surface area (Å²) in [5, 5.41) is 7.29. The normalized spacial score (nSPS) is 11.3. The third-order valence-corrected chi connectivity index (χ3v) is 3.35. The van der Waals surface area contributed by atoms with E-state index in [-0.39, 0.29) is 11.9 Å². The molecule has 0 saturated carbocycles. The van der Waals surface area contributed by atoms with Crippen molar-refractivity contribution >= 4 is 22.8 Å². The van der Waals surface area contributed by atoms with E-state index in [1.807, 2.05) is 26.8 Å². The van der Waals surface area contributed by atoms with Gasteiger partial charge in [0.25, 0.3) is 5.91 Å². The third-order valence-electron chi connectivity index (χ3n) is 3.35. The average molecular weight is 298 g/mol. The Hall–Kier alpha value is -2.63. The zero-order valence-electron chi connectivity index (χ0n) is 13.0. The Balaban J connectivity index is 1.89. The Bertz CT molecular complexity index is 845. The maximum Gasteiger partial charge on any atom is 0.256 e. The lowest BCUT2D eigenvalue weighted by molar-refractivity contribution is 0.102. The smallest absolute Gasteiger partial charge is 0.256 e.